The Bertz CT molecular complexity index is 3270. The molecule has 11 rings (SSSR count). The molecule has 0 unspecified atom stereocenters. The zero-order valence-corrected chi connectivity index (χ0v) is 28.0. The Morgan fingerprint density at radius 1 is 0.365 bits per heavy atom. The van der Waals surface area contributed by atoms with Crippen LogP contribution in [0.25, 0.3) is 105 Å². The average Bonchev–Trinajstić information content (AvgIpc) is 3.73. The van der Waals surface area contributed by atoms with Gasteiger partial charge in [0, 0.05) is 27.1 Å². The number of aromatic nitrogens is 1. The topological polar surface area (TPSA) is 34.6 Å². The first-order valence-electron chi connectivity index (χ1n) is 17.6. The molecule has 0 aliphatic carbocycles. The number of benzene rings is 8. The quantitative estimate of drug-likeness (QED) is 0.176. The molecule has 0 fully saturated rings. The number of rotatable bonds is 4. The SMILES string of the molecule is O=c1c2ccccc2oc2c(-c3cccc(-c4cccc(-c5cccc(-c6ccc7c8cccc9c%10ccccc%10n(c7c6)c98)c5)c4)c3)cccc12. The second kappa shape index (κ2) is 11.0. The van der Waals surface area contributed by atoms with Crippen LogP contribution in [0.15, 0.2) is 185 Å². The first-order chi connectivity index (χ1) is 25.7. The highest BCUT2D eigenvalue weighted by Crippen LogP contribution is 2.41. The van der Waals surface area contributed by atoms with Crippen molar-refractivity contribution in [1.82, 2.24) is 4.40 Å². The first-order valence-corrected chi connectivity index (χ1v) is 17.6. The fourth-order valence-corrected chi connectivity index (χ4v) is 8.28. The van der Waals surface area contributed by atoms with Gasteiger partial charge >= 0.3 is 0 Å². The lowest BCUT2D eigenvalue weighted by molar-refractivity contribution is 0.661. The molecule has 242 valence electrons. The summed E-state index contributed by atoms with van der Waals surface area (Å²) in [6.07, 6.45) is 0. The lowest BCUT2D eigenvalue weighted by Crippen LogP contribution is -2.02. The van der Waals surface area contributed by atoms with Gasteiger partial charge in [-0.25, -0.2) is 0 Å². The number of hydrogen-bond donors (Lipinski definition) is 0. The highest BCUT2D eigenvalue weighted by Gasteiger charge is 2.18. The van der Waals surface area contributed by atoms with Crippen LogP contribution in [0, 0.1) is 0 Å². The molecule has 11 aromatic rings. The molecule has 0 bridgehead atoms. The predicted molar refractivity (Wildman–Crippen MR) is 216 cm³/mol. The van der Waals surface area contributed by atoms with Gasteiger partial charge in [0.05, 0.1) is 27.3 Å². The van der Waals surface area contributed by atoms with E-state index in [9.17, 15) is 4.79 Å². The standard InChI is InChI=1S/C49H29NO2/c51-48-42-17-2-4-23-46(42)52-49-37(18-8-21-43(48)49)36-15-7-14-34(28-36)32-12-5-10-30(26-32)31-11-6-13-33(27-31)35-24-25-39-41-20-9-19-40-38-16-1-3-22-44(38)50(47(40)41)45(39)29-35/h1-29H. The summed E-state index contributed by atoms with van der Waals surface area (Å²) in [6.45, 7) is 0. The summed E-state index contributed by atoms with van der Waals surface area (Å²) < 4.78 is 8.79. The Morgan fingerprint density at radius 2 is 0.865 bits per heavy atom. The predicted octanol–water partition coefficient (Wildman–Crippen LogP) is 12.8. The van der Waals surface area contributed by atoms with Crippen molar-refractivity contribution in [3.8, 4) is 44.5 Å². The fraction of sp³-hybridized carbons (Fsp3) is 0. The van der Waals surface area contributed by atoms with Crippen LogP contribution in [-0.4, -0.2) is 4.40 Å². The third kappa shape index (κ3) is 4.23. The molecule has 0 atom stereocenters. The Morgan fingerprint density at radius 3 is 1.58 bits per heavy atom. The van der Waals surface area contributed by atoms with Gasteiger partial charge in [-0.15, -0.1) is 0 Å². The van der Waals surface area contributed by atoms with Crippen molar-refractivity contribution in [3.63, 3.8) is 0 Å². The van der Waals surface area contributed by atoms with Crippen molar-refractivity contribution in [2.24, 2.45) is 0 Å². The molecule has 3 nitrogen and oxygen atoms in total. The van der Waals surface area contributed by atoms with Gasteiger partial charge in [0.25, 0.3) is 0 Å². The second-order valence-electron chi connectivity index (χ2n) is 13.6. The lowest BCUT2D eigenvalue weighted by Gasteiger charge is -2.11. The molecular formula is C49H29NO2. The van der Waals surface area contributed by atoms with Gasteiger partial charge in [0.15, 0.2) is 0 Å². The molecule has 0 aliphatic heterocycles. The van der Waals surface area contributed by atoms with Crippen LogP contribution in [-0.2, 0) is 0 Å². The highest BCUT2D eigenvalue weighted by molar-refractivity contribution is 6.23. The van der Waals surface area contributed by atoms with E-state index in [2.05, 4.69) is 138 Å². The van der Waals surface area contributed by atoms with E-state index in [4.69, 9.17) is 4.42 Å². The Labute approximate surface area is 298 Å². The van der Waals surface area contributed by atoms with E-state index >= 15 is 0 Å². The van der Waals surface area contributed by atoms with Gasteiger partial charge in [0.1, 0.15) is 11.2 Å². The first kappa shape index (κ1) is 28.8. The van der Waals surface area contributed by atoms with Crippen LogP contribution in [0.4, 0.5) is 0 Å². The maximum absolute atomic E-state index is 13.4. The normalized spacial score (nSPS) is 11.9. The van der Waals surface area contributed by atoms with E-state index in [1.807, 2.05) is 42.5 Å². The molecule has 0 N–H and O–H groups in total. The third-order valence-corrected chi connectivity index (χ3v) is 10.7. The van der Waals surface area contributed by atoms with Crippen LogP contribution in [0.2, 0.25) is 0 Å². The smallest absolute Gasteiger partial charge is 0.200 e. The fourth-order valence-electron chi connectivity index (χ4n) is 8.28. The third-order valence-electron chi connectivity index (χ3n) is 10.7. The molecule has 0 radical (unpaired) electrons. The molecule has 0 amide bonds. The Hall–Kier alpha value is -6.97. The van der Waals surface area contributed by atoms with Crippen molar-refractivity contribution in [1.29, 1.82) is 0 Å². The van der Waals surface area contributed by atoms with Crippen molar-refractivity contribution in [2.75, 3.05) is 0 Å². The monoisotopic (exact) mass is 663 g/mol. The number of fused-ring (bicyclic) bond motifs is 8. The summed E-state index contributed by atoms with van der Waals surface area (Å²) in [5.41, 5.74) is 13.8. The van der Waals surface area contributed by atoms with Gasteiger partial charge in [0.2, 0.25) is 5.43 Å². The Balaban J connectivity index is 0.987. The molecule has 3 heteroatoms. The minimum absolute atomic E-state index is 0.00900. The maximum atomic E-state index is 13.4. The zero-order chi connectivity index (χ0) is 34.3. The van der Waals surface area contributed by atoms with Crippen molar-refractivity contribution < 1.29 is 4.42 Å². The molecule has 52 heavy (non-hydrogen) atoms. The van der Waals surface area contributed by atoms with Gasteiger partial charge in [-0.1, -0.05) is 127 Å². The van der Waals surface area contributed by atoms with Gasteiger partial charge in [-0.3, -0.25) is 4.79 Å². The average molecular weight is 664 g/mol. The van der Waals surface area contributed by atoms with Gasteiger partial charge in [-0.2, -0.15) is 0 Å². The molecule has 0 spiro atoms. The molecular weight excluding hydrogens is 635 g/mol. The van der Waals surface area contributed by atoms with Crippen LogP contribution < -0.4 is 5.43 Å². The molecule has 0 saturated carbocycles. The number of para-hydroxylation sites is 4. The minimum Gasteiger partial charge on any atom is -0.455 e. The van der Waals surface area contributed by atoms with Gasteiger partial charge in [-0.05, 0) is 87.5 Å². The zero-order valence-electron chi connectivity index (χ0n) is 28.0. The largest absolute Gasteiger partial charge is 0.455 e. The van der Waals surface area contributed by atoms with Crippen LogP contribution >= 0.6 is 0 Å². The second-order valence-corrected chi connectivity index (χ2v) is 13.6. The molecule has 8 aromatic carbocycles. The molecule has 0 aliphatic rings. The van der Waals surface area contributed by atoms with Crippen molar-refractivity contribution in [3.05, 3.63) is 186 Å². The van der Waals surface area contributed by atoms with Crippen molar-refractivity contribution >= 4 is 60.0 Å². The van der Waals surface area contributed by atoms with Crippen molar-refractivity contribution in [2.45, 2.75) is 0 Å². The van der Waals surface area contributed by atoms with E-state index in [-0.39, 0.29) is 5.43 Å². The minimum atomic E-state index is -0.00900. The molecule has 3 heterocycles. The van der Waals surface area contributed by atoms with Crippen LogP contribution in [0.1, 0.15) is 0 Å². The van der Waals surface area contributed by atoms with Crippen LogP contribution in [0.5, 0.6) is 0 Å². The summed E-state index contributed by atoms with van der Waals surface area (Å²) in [6, 6.07) is 61.6. The summed E-state index contributed by atoms with van der Waals surface area (Å²) in [4.78, 5) is 13.4. The summed E-state index contributed by atoms with van der Waals surface area (Å²) in [7, 11) is 0. The van der Waals surface area contributed by atoms with Gasteiger partial charge < -0.3 is 8.82 Å². The summed E-state index contributed by atoms with van der Waals surface area (Å²) in [5.74, 6) is 0. The maximum Gasteiger partial charge on any atom is 0.200 e. The summed E-state index contributed by atoms with van der Waals surface area (Å²) in [5, 5.41) is 6.35. The van der Waals surface area contributed by atoms with E-state index in [0.717, 1.165) is 33.4 Å². The van der Waals surface area contributed by atoms with E-state index in [0.29, 0.717) is 21.9 Å². The molecule has 0 saturated heterocycles. The summed E-state index contributed by atoms with van der Waals surface area (Å²) >= 11 is 0. The van der Waals surface area contributed by atoms with E-state index in [1.165, 1.54) is 49.2 Å². The van der Waals surface area contributed by atoms with Crippen LogP contribution in [0.3, 0.4) is 0 Å². The number of nitrogens with zero attached hydrogens (tertiary/aromatic N) is 1. The number of hydrogen-bond acceptors (Lipinski definition) is 2. The van der Waals surface area contributed by atoms with E-state index < -0.39 is 0 Å². The van der Waals surface area contributed by atoms with E-state index in [1.54, 1.807) is 0 Å². The molecule has 3 aromatic heterocycles. The Kier molecular flexibility index (Phi) is 6.11. The highest BCUT2D eigenvalue weighted by atomic mass is 16.3. The lowest BCUT2D eigenvalue weighted by atomic mass is 9.94.